The number of benzene rings is 1. The largest absolute Gasteiger partial charge is 0.392 e. The number of thioether (sulfide) groups is 1. The molecule has 0 radical (unpaired) electrons. The number of hydrogen-bond donors (Lipinski definition) is 1. The van der Waals surface area contributed by atoms with Crippen molar-refractivity contribution in [1.29, 1.82) is 0 Å². The van der Waals surface area contributed by atoms with E-state index in [1.54, 1.807) is 0 Å². The maximum absolute atomic E-state index is 9.76. The zero-order valence-corrected chi connectivity index (χ0v) is 10.2. The summed E-state index contributed by atoms with van der Waals surface area (Å²) in [5.41, 5.74) is 1.38. The number of aliphatic hydroxyl groups is 1. The summed E-state index contributed by atoms with van der Waals surface area (Å²) in [6.07, 6.45) is 2.04. The minimum atomic E-state index is -0.220. The van der Waals surface area contributed by atoms with Gasteiger partial charge in [0.1, 0.15) is 0 Å². The Hall–Kier alpha value is -0.470. The van der Waals surface area contributed by atoms with E-state index in [1.807, 2.05) is 18.7 Å². The molecule has 0 heterocycles. The van der Waals surface area contributed by atoms with Crippen LogP contribution in [0.3, 0.4) is 0 Å². The molecule has 1 aliphatic rings. The Morgan fingerprint density at radius 2 is 1.93 bits per heavy atom. The van der Waals surface area contributed by atoms with Gasteiger partial charge in [0.2, 0.25) is 0 Å². The summed E-state index contributed by atoms with van der Waals surface area (Å²) in [4.78, 5) is 1.32. The summed E-state index contributed by atoms with van der Waals surface area (Å²) < 4.78 is 0. The topological polar surface area (TPSA) is 20.2 Å². The second-order valence-corrected chi connectivity index (χ2v) is 5.63. The molecule has 1 aliphatic carbocycles. The fraction of sp³-hybridized carbons (Fsp3) is 0.538. The minimum absolute atomic E-state index is 0.0788. The number of hydrogen-bond acceptors (Lipinski definition) is 2. The first-order valence-corrected chi connectivity index (χ1v) is 6.59. The third-order valence-corrected chi connectivity index (χ3v) is 4.22. The van der Waals surface area contributed by atoms with E-state index >= 15 is 0 Å². The van der Waals surface area contributed by atoms with E-state index in [-0.39, 0.29) is 11.5 Å². The second kappa shape index (κ2) is 4.18. The van der Waals surface area contributed by atoms with E-state index in [0.717, 1.165) is 18.6 Å². The van der Waals surface area contributed by atoms with Crippen LogP contribution in [0.5, 0.6) is 0 Å². The van der Waals surface area contributed by atoms with Crippen LogP contribution in [0.15, 0.2) is 29.2 Å². The molecule has 1 saturated carbocycles. The summed E-state index contributed by atoms with van der Waals surface area (Å²) in [6.45, 7) is 4.07. The predicted octanol–water partition coefficient (Wildman–Crippen LogP) is 3.21. The zero-order chi connectivity index (χ0) is 10.9. The lowest BCUT2D eigenvalue weighted by Crippen LogP contribution is -2.22. The first-order chi connectivity index (χ1) is 7.19. The van der Waals surface area contributed by atoms with Gasteiger partial charge < -0.3 is 5.11 Å². The zero-order valence-electron chi connectivity index (χ0n) is 9.36. The van der Waals surface area contributed by atoms with Crippen LogP contribution >= 0.6 is 11.8 Å². The predicted molar refractivity (Wildman–Crippen MR) is 65.4 cm³/mol. The van der Waals surface area contributed by atoms with Crippen molar-refractivity contribution >= 4 is 11.8 Å². The molecule has 1 fully saturated rings. The molecule has 0 spiro atoms. The maximum Gasteiger partial charge on any atom is 0.0608 e. The fourth-order valence-electron chi connectivity index (χ4n) is 2.13. The molecular weight excluding hydrogens is 204 g/mol. The molecule has 0 amide bonds. The number of aliphatic hydroxyl groups excluding tert-OH is 1. The van der Waals surface area contributed by atoms with Gasteiger partial charge in [-0.2, -0.15) is 0 Å². The van der Waals surface area contributed by atoms with Crippen LogP contribution in [0.4, 0.5) is 0 Å². The molecule has 1 aromatic carbocycles. The van der Waals surface area contributed by atoms with Gasteiger partial charge in [-0.15, -0.1) is 11.8 Å². The first kappa shape index (κ1) is 11.0. The molecule has 1 unspecified atom stereocenters. The Balaban J connectivity index is 2.17. The van der Waals surface area contributed by atoms with Gasteiger partial charge in [0.15, 0.2) is 0 Å². The quantitative estimate of drug-likeness (QED) is 0.789. The summed E-state index contributed by atoms with van der Waals surface area (Å²) in [5, 5.41) is 9.76. The Bertz CT molecular complexity index is 325. The van der Waals surface area contributed by atoms with Crippen molar-refractivity contribution in [3.63, 3.8) is 0 Å². The van der Waals surface area contributed by atoms with Crippen LogP contribution in [0.1, 0.15) is 32.3 Å². The molecule has 0 saturated heterocycles. The van der Waals surface area contributed by atoms with E-state index in [4.69, 9.17) is 0 Å². The Morgan fingerprint density at radius 1 is 1.33 bits per heavy atom. The SMILES string of the molecule is CCSc1ccc(C2(C(C)O)CC2)cc1. The summed E-state index contributed by atoms with van der Waals surface area (Å²) in [5.74, 6) is 1.11. The van der Waals surface area contributed by atoms with E-state index in [9.17, 15) is 5.11 Å². The molecule has 2 rings (SSSR count). The van der Waals surface area contributed by atoms with Crippen molar-refractivity contribution < 1.29 is 5.11 Å². The van der Waals surface area contributed by atoms with Gasteiger partial charge in [0, 0.05) is 10.3 Å². The van der Waals surface area contributed by atoms with Gasteiger partial charge in [-0.25, -0.2) is 0 Å². The molecule has 1 atom stereocenters. The lowest BCUT2D eigenvalue weighted by Gasteiger charge is -2.19. The van der Waals surface area contributed by atoms with E-state index in [1.165, 1.54) is 10.5 Å². The lowest BCUT2D eigenvalue weighted by atomic mass is 9.91. The normalized spacial score (nSPS) is 19.9. The van der Waals surface area contributed by atoms with Crippen LogP contribution in [-0.4, -0.2) is 17.0 Å². The van der Waals surface area contributed by atoms with E-state index in [0.29, 0.717) is 0 Å². The molecule has 0 aliphatic heterocycles. The van der Waals surface area contributed by atoms with Crippen molar-refractivity contribution in [3.05, 3.63) is 29.8 Å². The molecule has 1 nitrogen and oxygen atoms in total. The van der Waals surface area contributed by atoms with Gasteiger partial charge in [-0.1, -0.05) is 19.1 Å². The van der Waals surface area contributed by atoms with Gasteiger partial charge in [0.25, 0.3) is 0 Å². The van der Waals surface area contributed by atoms with Crippen molar-refractivity contribution in [1.82, 2.24) is 0 Å². The average Bonchev–Trinajstić information content (AvgIpc) is 3.00. The van der Waals surface area contributed by atoms with Crippen LogP contribution in [0.2, 0.25) is 0 Å². The third kappa shape index (κ3) is 2.06. The Labute approximate surface area is 95.9 Å². The van der Waals surface area contributed by atoms with Crippen molar-refractivity contribution in [3.8, 4) is 0 Å². The average molecular weight is 222 g/mol. The van der Waals surface area contributed by atoms with Gasteiger partial charge in [-0.3, -0.25) is 0 Å². The van der Waals surface area contributed by atoms with Crippen molar-refractivity contribution in [2.24, 2.45) is 0 Å². The monoisotopic (exact) mass is 222 g/mol. The molecule has 1 aromatic rings. The molecule has 15 heavy (non-hydrogen) atoms. The lowest BCUT2D eigenvalue weighted by molar-refractivity contribution is 0.150. The minimum Gasteiger partial charge on any atom is -0.392 e. The van der Waals surface area contributed by atoms with E-state index in [2.05, 4.69) is 31.2 Å². The smallest absolute Gasteiger partial charge is 0.0608 e. The van der Waals surface area contributed by atoms with Gasteiger partial charge in [0.05, 0.1) is 6.10 Å². The van der Waals surface area contributed by atoms with Gasteiger partial charge >= 0.3 is 0 Å². The van der Waals surface area contributed by atoms with Crippen LogP contribution in [0, 0.1) is 0 Å². The fourth-order valence-corrected chi connectivity index (χ4v) is 2.79. The highest BCUT2D eigenvalue weighted by Crippen LogP contribution is 2.51. The molecule has 82 valence electrons. The summed E-state index contributed by atoms with van der Waals surface area (Å²) >= 11 is 1.86. The highest BCUT2D eigenvalue weighted by molar-refractivity contribution is 7.99. The first-order valence-electron chi connectivity index (χ1n) is 5.60. The third-order valence-electron chi connectivity index (χ3n) is 3.33. The van der Waals surface area contributed by atoms with Crippen molar-refractivity contribution in [2.75, 3.05) is 5.75 Å². The maximum atomic E-state index is 9.76. The molecule has 0 bridgehead atoms. The van der Waals surface area contributed by atoms with Crippen LogP contribution in [0.25, 0.3) is 0 Å². The summed E-state index contributed by atoms with van der Waals surface area (Å²) in [6, 6.07) is 8.70. The Morgan fingerprint density at radius 3 is 2.33 bits per heavy atom. The molecule has 2 heteroatoms. The van der Waals surface area contributed by atoms with Gasteiger partial charge in [-0.05, 0) is 43.2 Å². The molecular formula is C13H18OS. The second-order valence-electron chi connectivity index (χ2n) is 4.29. The standard InChI is InChI=1S/C13H18OS/c1-3-15-12-6-4-11(5-7-12)13(8-9-13)10(2)14/h4-7,10,14H,3,8-9H2,1-2H3. The summed E-state index contributed by atoms with van der Waals surface area (Å²) in [7, 11) is 0. The number of rotatable bonds is 4. The molecule has 1 N–H and O–H groups in total. The Kier molecular flexibility index (Phi) is 3.08. The molecule has 0 aromatic heterocycles. The van der Waals surface area contributed by atoms with Crippen LogP contribution in [-0.2, 0) is 5.41 Å². The van der Waals surface area contributed by atoms with Crippen LogP contribution < -0.4 is 0 Å². The highest BCUT2D eigenvalue weighted by Gasteiger charge is 2.48. The van der Waals surface area contributed by atoms with E-state index < -0.39 is 0 Å². The highest BCUT2D eigenvalue weighted by atomic mass is 32.2. The van der Waals surface area contributed by atoms with Crippen molar-refractivity contribution in [2.45, 2.75) is 43.1 Å².